The van der Waals surface area contributed by atoms with Crippen molar-refractivity contribution >= 4 is 24.4 Å². The third-order valence-corrected chi connectivity index (χ3v) is 5.25. The number of anilines is 1. The molecule has 0 N–H and O–H groups in total. The minimum absolute atomic E-state index is 0.233. The summed E-state index contributed by atoms with van der Waals surface area (Å²) in [6, 6.07) is 4.64. The van der Waals surface area contributed by atoms with E-state index in [9.17, 15) is 9.18 Å². The Kier molecular flexibility index (Phi) is 4.79. The van der Waals surface area contributed by atoms with Gasteiger partial charge in [0.1, 0.15) is 11.9 Å². The molecular formula is C18H26BFN2O4. The van der Waals surface area contributed by atoms with E-state index in [1.165, 1.54) is 11.0 Å². The number of benzene rings is 1. The Bertz CT molecular complexity index is 694. The van der Waals surface area contributed by atoms with Crippen LogP contribution in [-0.4, -0.2) is 62.6 Å². The maximum absolute atomic E-state index is 14.7. The summed E-state index contributed by atoms with van der Waals surface area (Å²) < 4.78 is 31.9. The van der Waals surface area contributed by atoms with E-state index in [1.807, 2.05) is 46.7 Å². The van der Waals surface area contributed by atoms with Crippen LogP contribution in [0, 0.1) is 5.82 Å². The SMILES string of the molecule is CN(C)C[C@H]1CN(c2ccc(B3OC(C)(C)C(C)(C)O3)c(F)c2)C(=O)O1. The van der Waals surface area contributed by atoms with E-state index in [4.69, 9.17) is 14.0 Å². The van der Waals surface area contributed by atoms with E-state index >= 15 is 0 Å². The van der Waals surface area contributed by atoms with Crippen molar-refractivity contribution < 1.29 is 23.2 Å². The lowest BCUT2D eigenvalue weighted by molar-refractivity contribution is 0.00578. The molecule has 2 heterocycles. The third kappa shape index (κ3) is 3.45. The van der Waals surface area contributed by atoms with Gasteiger partial charge in [-0.3, -0.25) is 4.90 Å². The van der Waals surface area contributed by atoms with Crippen molar-refractivity contribution in [3.05, 3.63) is 24.0 Å². The van der Waals surface area contributed by atoms with Crippen molar-refractivity contribution in [3.63, 3.8) is 0 Å². The molecule has 1 aromatic rings. The van der Waals surface area contributed by atoms with Crippen molar-refractivity contribution in [1.29, 1.82) is 0 Å². The first-order valence-corrected chi connectivity index (χ1v) is 8.78. The average Bonchev–Trinajstić information content (AvgIpc) is 2.94. The van der Waals surface area contributed by atoms with Gasteiger partial charge in [-0.15, -0.1) is 0 Å². The summed E-state index contributed by atoms with van der Waals surface area (Å²) in [5.74, 6) is -0.468. The molecule has 0 unspecified atom stereocenters. The molecule has 2 aliphatic heterocycles. The summed E-state index contributed by atoms with van der Waals surface area (Å²) in [6.45, 7) is 8.70. The number of likely N-dealkylation sites (N-methyl/N-ethyl adjacent to an activating group) is 1. The van der Waals surface area contributed by atoms with E-state index in [0.717, 1.165) is 0 Å². The molecule has 8 heteroatoms. The number of rotatable bonds is 4. The summed E-state index contributed by atoms with van der Waals surface area (Å²) >= 11 is 0. The zero-order chi connectivity index (χ0) is 19.3. The predicted octanol–water partition coefficient (Wildman–Crippen LogP) is 2.01. The highest BCUT2D eigenvalue weighted by Crippen LogP contribution is 2.36. The maximum Gasteiger partial charge on any atom is 0.497 e. The van der Waals surface area contributed by atoms with Crippen LogP contribution in [0.3, 0.4) is 0 Å². The van der Waals surface area contributed by atoms with Crippen LogP contribution in [0.4, 0.5) is 14.9 Å². The second-order valence-electron chi connectivity index (χ2n) is 8.17. The number of halogens is 1. The fourth-order valence-corrected chi connectivity index (χ4v) is 3.08. The standard InChI is InChI=1S/C18H26BFN2O4/c1-17(2)18(3,4)26-19(25-17)14-8-7-12(9-15(14)20)22-11-13(10-21(5)6)24-16(22)23/h7-9,13H,10-11H2,1-6H3/t13-/m0/s1. The third-order valence-electron chi connectivity index (χ3n) is 5.25. The van der Waals surface area contributed by atoms with Gasteiger partial charge in [0.05, 0.1) is 23.4 Å². The molecule has 2 saturated heterocycles. The molecule has 6 nitrogen and oxygen atoms in total. The van der Waals surface area contributed by atoms with E-state index in [2.05, 4.69) is 0 Å². The number of carbonyl (C=O) groups is 1. The highest BCUT2D eigenvalue weighted by molar-refractivity contribution is 6.62. The zero-order valence-corrected chi connectivity index (χ0v) is 16.2. The van der Waals surface area contributed by atoms with Gasteiger partial charge < -0.3 is 18.9 Å². The molecule has 1 aromatic carbocycles. The molecule has 0 bridgehead atoms. The molecule has 142 valence electrons. The van der Waals surface area contributed by atoms with E-state index in [-0.39, 0.29) is 6.10 Å². The molecule has 0 aromatic heterocycles. The van der Waals surface area contributed by atoms with Gasteiger partial charge in [-0.1, -0.05) is 6.07 Å². The van der Waals surface area contributed by atoms with Gasteiger partial charge in [0.25, 0.3) is 0 Å². The van der Waals surface area contributed by atoms with Crippen LogP contribution < -0.4 is 10.4 Å². The lowest BCUT2D eigenvalue weighted by Crippen LogP contribution is -2.41. The van der Waals surface area contributed by atoms with Crippen molar-refractivity contribution in [2.45, 2.75) is 45.0 Å². The van der Waals surface area contributed by atoms with Gasteiger partial charge in [-0.2, -0.15) is 0 Å². The molecule has 26 heavy (non-hydrogen) atoms. The molecule has 2 aliphatic rings. The van der Waals surface area contributed by atoms with Crippen molar-refractivity contribution in [3.8, 4) is 0 Å². The molecule has 0 spiro atoms. The maximum atomic E-state index is 14.7. The van der Waals surface area contributed by atoms with Gasteiger partial charge in [-0.25, -0.2) is 9.18 Å². The molecular weight excluding hydrogens is 338 g/mol. The summed E-state index contributed by atoms with van der Waals surface area (Å²) in [5.41, 5.74) is -0.291. The van der Waals surface area contributed by atoms with Crippen LogP contribution in [0.2, 0.25) is 0 Å². The van der Waals surface area contributed by atoms with E-state index < -0.39 is 30.2 Å². The van der Waals surface area contributed by atoms with Crippen LogP contribution in [0.1, 0.15) is 27.7 Å². The lowest BCUT2D eigenvalue weighted by Gasteiger charge is -2.32. The highest BCUT2D eigenvalue weighted by atomic mass is 19.1. The van der Waals surface area contributed by atoms with Gasteiger partial charge >= 0.3 is 13.2 Å². The average molecular weight is 364 g/mol. The Hall–Kier alpha value is -1.64. The minimum atomic E-state index is -0.777. The number of carbonyl (C=O) groups excluding carboxylic acids is 1. The quantitative estimate of drug-likeness (QED) is 0.766. The molecule has 0 radical (unpaired) electrons. The molecule has 0 aliphatic carbocycles. The molecule has 0 saturated carbocycles. The Morgan fingerprint density at radius 3 is 2.38 bits per heavy atom. The van der Waals surface area contributed by atoms with Gasteiger partial charge in [0, 0.05) is 12.0 Å². The van der Waals surface area contributed by atoms with Crippen LogP contribution in [-0.2, 0) is 14.0 Å². The second kappa shape index (κ2) is 6.51. The fraction of sp³-hybridized carbons (Fsp3) is 0.611. The Morgan fingerprint density at radius 1 is 1.23 bits per heavy atom. The largest absolute Gasteiger partial charge is 0.497 e. The van der Waals surface area contributed by atoms with Crippen LogP contribution in [0.15, 0.2) is 18.2 Å². The van der Waals surface area contributed by atoms with Crippen molar-refractivity contribution in [2.75, 3.05) is 32.1 Å². The first-order chi connectivity index (χ1) is 12.0. The predicted molar refractivity (Wildman–Crippen MR) is 98.3 cm³/mol. The minimum Gasteiger partial charge on any atom is -0.443 e. The topological polar surface area (TPSA) is 51.2 Å². The molecule has 1 amide bonds. The summed E-state index contributed by atoms with van der Waals surface area (Å²) in [4.78, 5) is 15.5. The Morgan fingerprint density at radius 2 is 1.85 bits per heavy atom. The number of nitrogens with zero attached hydrogens (tertiary/aromatic N) is 2. The van der Waals surface area contributed by atoms with Crippen LogP contribution in [0.5, 0.6) is 0 Å². The number of amides is 1. The summed E-state index contributed by atoms with van der Waals surface area (Å²) in [5, 5.41) is 0. The van der Waals surface area contributed by atoms with Crippen molar-refractivity contribution in [1.82, 2.24) is 4.90 Å². The highest BCUT2D eigenvalue weighted by Gasteiger charge is 2.52. The van der Waals surface area contributed by atoms with Crippen molar-refractivity contribution in [2.24, 2.45) is 0 Å². The van der Waals surface area contributed by atoms with Gasteiger partial charge in [-0.05, 0) is 53.9 Å². The summed E-state index contributed by atoms with van der Waals surface area (Å²) in [7, 11) is 3.05. The smallest absolute Gasteiger partial charge is 0.443 e. The zero-order valence-electron chi connectivity index (χ0n) is 16.2. The molecule has 3 rings (SSSR count). The molecule has 1 atom stereocenters. The normalized spacial score (nSPS) is 24.5. The Labute approximate surface area is 154 Å². The van der Waals surface area contributed by atoms with Gasteiger partial charge in [0.15, 0.2) is 0 Å². The monoisotopic (exact) mass is 364 g/mol. The number of cyclic esters (lactones) is 1. The van der Waals surface area contributed by atoms with Crippen LogP contribution >= 0.6 is 0 Å². The molecule has 2 fully saturated rings. The van der Waals surface area contributed by atoms with E-state index in [1.54, 1.807) is 12.1 Å². The first-order valence-electron chi connectivity index (χ1n) is 8.78. The number of hydrogen-bond acceptors (Lipinski definition) is 5. The number of hydrogen-bond donors (Lipinski definition) is 0. The van der Waals surface area contributed by atoms with Crippen LogP contribution in [0.25, 0.3) is 0 Å². The van der Waals surface area contributed by atoms with E-state index in [0.29, 0.717) is 24.2 Å². The first kappa shape index (κ1) is 19.1. The second-order valence-corrected chi connectivity index (χ2v) is 8.17. The Balaban J connectivity index is 1.78. The van der Waals surface area contributed by atoms with Gasteiger partial charge in [0.2, 0.25) is 0 Å². The number of ether oxygens (including phenoxy) is 1. The summed E-state index contributed by atoms with van der Waals surface area (Å²) in [6.07, 6.45) is -0.692. The fourth-order valence-electron chi connectivity index (χ4n) is 3.08. The lowest BCUT2D eigenvalue weighted by atomic mass is 9.78.